The van der Waals surface area contributed by atoms with Gasteiger partial charge >= 0.3 is 5.97 Å². The van der Waals surface area contributed by atoms with Gasteiger partial charge in [0.05, 0.1) is 0 Å². The number of carbonyl (C=O) groups is 1. The van der Waals surface area contributed by atoms with Crippen molar-refractivity contribution in [2.45, 2.75) is 18.4 Å². The molecule has 1 aromatic rings. The zero-order valence-electron chi connectivity index (χ0n) is 10.1. The number of nitrogens with one attached hydrogen (secondary N) is 1. The van der Waals surface area contributed by atoms with Gasteiger partial charge in [-0.1, -0.05) is 22.8 Å². The molecule has 1 aromatic carbocycles. The highest BCUT2D eigenvalue weighted by atomic mass is 35.5. The molecule has 0 amide bonds. The lowest BCUT2D eigenvalue weighted by Crippen LogP contribution is -2.53. The molecule has 19 heavy (non-hydrogen) atoms. The number of hydrogen-bond acceptors (Lipinski definition) is 3. The van der Waals surface area contributed by atoms with Crippen LogP contribution in [-0.2, 0) is 17.6 Å². The first-order valence-corrected chi connectivity index (χ1v) is 6.22. The Kier molecular flexibility index (Phi) is 3.95. The topological polar surface area (TPSA) is 98.1 Å². The van der Waals surface area contributed by atoms with Crippen LogP contribution < -0.4 is 5.32 Å². The van der Waals surface area contributed by atoms with Crippen molar-refractivity contribution < 1.29 is 9.90 Å². The van der Waals surface area contributed by atoms with Gasteiger partial charge in [0.1, 0.15) is 5.54 Å². The van der Waals surface area contributed by atoms with Gasteiger partial charge in [-0.2, -0.15) is 0 Å². The Balaban J connectivity index is 2.16. The minimum atomic E-state index is -1.03. The van der Waals surface area contributed by atoms with E-state index in [0.717, 1.165) is 11.1 Å². The maximum absolute atomic E-state index is 11.5. The number of aliphatic carboxylic acids is 1. The van der Waals surface area contributed by atoms with E-state index >= 15 is 0 Å². The summed E-state index contributed by atoms with van der Waals surface area (Å²) in [6.07, 6.45) is 0.791. The number of rotatable bonds is 5. The second kappa shape index (κ2) is 5.48. The van der Waals surface area contributed by atoms with E-state index in [1.807, 2.05) is 6.07 Å². The van der Waals surface area contributed by atoms with Gasteiger partial charge in [-0.15, -0.1) is 0 Å². The van der Waals surface area contributed by atoms with E-state index in [-0.39, 0.29) is 6.54 Å². The van der Waals surface area contributed by atoms with Crippen LogP contribution in [0, 0.1) is 0 Å². The number of nitrogens with zero attached hydrogens (tertiary/aromatic N) is 3. The fourth-order valence-corrected chi connectivity index (χ4v) is 2.58. The third kappa shape index (κ3) is 2.81. The van der Waals surface area contributed by atoms with Crippen molar-refractivity contribution >= 4 is 17.6 Å². The SMILES string of the molecule is [N-]=[N+]=NCCNC1(C(=O)O)Cc2ccc(Cl)cc2C1. The molecule has 1 aliphatic rings. The van der Waals surface area contributed by atoms with Crippen LogP contribution in [0.4, 0.5) is 0 Å². The molecular weight excluding hydrogens is 268 g/mol. The largest absolute Gasteiger partial charge is 0.480 e. The van der Waals surface area contributed by atoms with E-state index < -0.39 is 11.5 Å². The van der Waals surface area contributed by atoms with E-state index in [0.29, 0.717) is 24.4 Å². The van der Waals surface area contributed by atoms with Gasteiger partial charge < -0.3 is 10.4 Å². The third-order valence-corrected chi connectivity index (χ3v) is 3.54. The van der Waals surface area contributed by atoms with E-state index in [1.54, 1.807) is 12.1 Å². The first-order chi connectivity index (χ1) is 9.07. The van der Waals surface area contributed by atoms with Crippen LogP contribution in [0.15, 0.2) is 23.3 Å². The Labute approximate surface area is 115 Å². The molecule has 1 unspecified atom stereocenters. The van der Waals surface area contributed by atoms with Crippen LogP contribution in [0.1, 0.15) is 11.1 Å². The van der Waals surface area contributed by atoms with Crippen LogP contribution in [0.2, 0.25) is 5.02 Å². The summed E-state index contributed by atoms with van der Waals surface area (Å²) in [4.78, 5) is 14.2. The number of carboxylic acids is 1. The van der Waals surface area contributed by atoms with Crippen LogP contribution in [0.3, 0.4) is 0 Å². The summed E-state index contributed by atoms with van der Waals surface area (Å²) in [6, 6.07) is 5.42. The first-order valence-electron chi connectivity index (χ1n) is 5.84. The average molecular weight is 281 g/mol. The smallest absolute Gasteiger partial charge is 0.324 e. The zero-order chi connectivity index (χ0) is 13.9. The maximum Gasteiger partial charge on any atom is 0.324 e. The molecule has 1 atom stereocenters. The number of azide groups is 1. The van der Waals surface area contributed by atoms with Crippen molar-refractivity contribution in [1.29, 1.82) is 0 Å². The summed E-state index contributed by atoms with van der Waals surface area (Å²) >= 11 is 5.92. The summed E-state index contributed by atoms with van der Waals surface area (Å²) in [7, 11) is 0. The molecule has 2 rings (SSSR count). The van der Waals surface area contributed by atoms with Crippen molar-refractivity contribution in [3.63, 3.8) is 0 Å². The summed E-state index contributed by atoms with van der Waals surface area (Å²) in [5, 5.41) is 16.4. The van der Waals surface area contributed by atoms with Crippen LogP contribution in [0.5, 0.6) is 0 Å². The van der Waals surface area contributed by atoms with Gasteiger partial charge in [-0.3, -0.25) is 4.79 Å². The van der Waals surface area contributed by atoms with Crippen molar-refractivity contribution in [2.24, 2.45) is 5.11 Å². The zero-order valence-corrected chi connectivity index (χ0v) is 10.9. The molecule has 0 fully saturated rings. The highest BCUT2D eigenvalue weighted by molar-refractivity contribution is 6.30. The molecule has 7 heteroatoms. The normalized spacial score (nSPS) is 20.7. The maximum atomic E-state index is 11.5. The molecule has 0 aromatic heterocycles. The summed E-state index contributed by atoms with van der Waals surface area (Å²) < 4.78 is 0. The Bertz CT molecular complexity index is 557. The van der Waals surface area contributed by atoms with Crippen LogP contribution >= 0.6 is 11.6 Å². The molecule has 0 spiro atoms. The predicted octanol–water partition coefficient (Wildman–Crippen LogP) is 2.16. The fraction of sp³-hybridized carbons (Fsp3) is 0.417. The first kappa shape index (κ1) is 13.7. The molecule has 1 aliphatic carbocycles. The van der Waals surface area contributed by atoms with Gasteiger partial charge in [-0.05, 0) is 28.8 Å². The molecule has 6 nitrogen and oxygen atoms in total. The van der Waals surface area contributed by atoms with Gasteiger partial charge in [0.15, 0.2) is 0 Å². The Morgan fingerprint density at radius 2 is 2.26 bits per heavy atom. The van der Waals surface area contributed by atoms with Crippen molar-refractivity contribution in [2.75, 3.05) is 13.1 Å². The quantitative estimate of drug-likeness (QED) is 0.374. The van der Waals surface area contributed by atoms with E-state index in [4.69, 9.17) is 17.1 Å². The Morgan fingerprint density at radius 3 is 2.95 bits per heavy atom. The third-order valence-electron chi connectivity index (χ3n) is 3.30. The summed E-state index contributed by atoms with van der Waals surface area (Å²) in [5.74, 6) is -0.902. The summed E-state index contributed by atoms with van der Waals surface area (Å²) in [5.41, 5.74) is 9.11. The van der Waals surface area contributed by atoms with Crippen molar-refractivity contribution in [1.82, 2.24) is 5.32 Å². The fourth-order valence-electron chi connectivity index (χ4n) is 2.39. The van der Waals surface area contributed by atoms with Crippen molar-refractivity contribution in [3.8, 4) is 0 Å². The molecule has 100 valence electrons. The number of halogens is 1. The molecule has 0 bridgehead atoms. The number of fused-ring (bicyclic) bond motifs is 1. The predicted molar refractivity (Wildman–Crippen MR) is 71.2 cm³/mol. The number of benzene rings is 1. The van der Waals surface area contributed by atoms with Crippen LogP contribution in [-0.4, -0.2) is 29.7 Å². The second-order valence-corrected chi connectivity index (χ2v) is 4.97. The lowest BCUT2D eigenvalue weighted by molar-refractivity contribution is -0.144. The van der Waals surface area contributed by atoms with Gasteiger partial charge in [0.2, 0.25) is 0 Å². The highest BCUT2D eigenvalue weighted by Gasteiger charge is 2.43. The van der Waals surface area contributed by atoms with Crippen molar-refractivity contribution in [3.05, 3.63) is 44.8 Å². The Hall–Kier alpha value is -1.75. The van der Waals surface area contributed by atoms with E-state index in [2.05, 4.69) is 15.3 Å². The number of hydrogen-bond donors (Lipinski definition) is 2. The standard InChI is InChI=1S/C12H13ClN4O2/c13-10-2-1-8-6-12(11(18)19,7-9(8)5-10)15-3-4-16-17-14/h1-2,5,15H,3-4,6-7H2,(H,18,19). The van der Waals surface area contributed by atoms with E-state index in [9.17, 15) is 9.90 Å². The minimum absolute atomic E-state index is 0.225. The lowest BCUT2D eigenvalue weighted by Gasteiger charge is -2.25. The molecule has 0 saturated heterocycles. The molecule has 0 saturated carbocycles. The highest BCUT2D eigenvalue weighted by Crippen LogP contribution is 2.32. The lowest BCUT2D eigenvalue weighted by atomic mass is 9.96. The van der Waals surface area contributed by atoms with Crippen LogP contribution in [0.25, 0.3) is 10.4 Å². The molecule has 0 heterocycles. The molecule has 0 aliphatic heterocycles. The van der Waals surface area contributed by atoms with Gasteiger partial charge in [0, 0.05) is 35.9 Å². The molecular formula is C12H13ClN4O2. The van der Waals surface area contributed by atoms with Gasteiger partial charge in [0.25, 0.3) is 0 Å². The van der Waals surface area contributed by atoms with E-state index in [1.165, 1.54) is 0 Å². The molecule has 2 N–H and O–H groups in total. The molecule has 0 radical (unpaired) electrons. The monoisotopic (exact) mass is 280 g/mol. The van der Waals surface area contributed by atoms with Gasteiger partial charge in [-0.25, -0.2) is 0 Å². The minimum Gasteiger partial charge on any atom is -0.480 e. The average Bonchev–Trinajstić information content (AvgIpc) is 2.74. The second-order valence-electron chi connectivity index (χ2n) is 4.54. The Morgan fingerprint density at radius 1 is 1.53 bits per heavy atom. The summed E-state index contributed by atoms with van der Waals surface area (Å²) in [6.45, 7) is 0.556. The number of carboxylic acid groups (broad SMARTS) is 1.